The van der Waals surface area contributed by atoms with Gasteiger partial charge < -0.3 is 14.6 Å². The average Bonchev–Trinajstić information content (AvgIpc) is 3.19. The van der Waals surface area contributed by atoms with Gasteiger partial charge in [0.25, 0.3) is 0 Å². The van der Waals surface area contributed by atoms with Crippen LogP contribution in [0.3, 0.4) is 0 Å². The number of anilines is 1. The van der Waals surface area contributed by atoms with Crippen molar-refractivity contribution in [2.75, 3.05) is 11.9 Å². The summed E-state index contributed by atoms with van der Waals surface area (Å²) in [5, 5.41) is 5.52. The lowest BCUT2D eigenvalue weighted by molar-refractivity contribution is -0.116. The molecule has 0 aliphatic heterocycles. The summed E-state index contributed by atoms with van der Waals surface area (Å²) in [7, 11) is 0. The Labute approximate surface area is 159 Å². The normalized spacial score (nSPS) is 15.1. The molecule has 146 valence electrons. The number of fused-ring (bicyclic) bond motifs is 1. The van der Waals surface area contributed by atoms with E-state index < -0.39 is 11.7 Å². The lowest BCUT2D eigenvalue weighted by Crippen LogP contribution is -2.34. The zero-order valence-corrected chi connectivity index (χ0v) is 16.2. The highest BCUT2D eigenvalue weighted by atomic mass is 16.6. The summed E-state index contributed by atoms with van der Waals surface area (Å²) in [6.07, 6.45) is 4.24. The Bertz CT molecular complexity index is 816. The third-order valence-corrected chi connectivity index (χ3v) is 4.56. The fourth-order valence-corrected chi connectivity index (χ4v) is 3.44. The second-order valence-corrected chi connectivity index (χ2v) is 7.96. The standard InChI is InChI=1S/C20H28N4O3/c1-20(2,3)27-19(26)21-13-12-17(25)23-18-22-15-10-6-7-11-16(15)24(18)14-8-4-5-9-14/h6-7,10-11,14H,4-5,8-9,12-13H2,1-3H3,(H,21,26)(H,22,23,25). The molecule has 0 radical (unpaired) electrons. The summed E-state index contributed by atoms with van der Waals surface area (Å²) >= 11 is 0. The molecule has 1 aliphatic rings. The van der Waals surface area contributed by atoms with Crippen molar-refractivity contribution in [2.24, 2.45) is 0 Å². The molecule has 0 atom stereocenters. The molecule has 2 N–H and O–H groups in total. The van der Waals surface area contributed by atoms with Gasteiger partial charge in [-0.25, -0.2) is 9.78 Å². The number of para-hydroxylation sites is 2. The first-order valence-electron chi connectivity index (χ1n) is 9.57. The monoisotopic (exact) mass is 372 g/mol. The summed E-state index contributed by atoms with van der Waals surface area (Å²) in [6, 6.07) is 8.31. The first kappa shape index (κ1) is 19.2. The summed E-state index contributed by atoms with van der Waals surface area (Å²) < 4.78 is 7.32. The van der Waals surface area contributed by atoms with Crippen LogP contribution in [0, 0.1) is 0 Å². The molecule has 0 bridgehead atoms. The molecule has 1 saturated carbocycles. The Morgan fingerprint density at radius 1 is 1.22 bits per heavy atom. The largest absolute Gasteiger partial charge is 0.444 e. The van der Waals surface area contributed by atoms with E-state index in [0.717, 1.165) is 23.9 Å². The Morgan fingerprint density at radius 2 is 1.93 bits per heavy atom. The minimum atomic E-state index is -0.557. The van der Waals surface area contributed by atoms with E-state index >= 15 is 0 Å². The molecule has 0 unspecified atom stereocenters. The van der Waals surface area contributed by atoms with Crippen molar-refractivity contribution in [3.63, 3.8) is 0 Å². The number of amides is 2. The SMILES string of the molecule is CC(C)(C)OC(=O)NCCC(=O)Nc1nc2ccccc2n1C1CCCC1. The smallest absolute Gasteiger partial charge is 0.407 e. The number of alkyl carbamates (subject to hydrolysis) is 1. The number of nitrogens with one attached hydrogen (secondary N) is 2. The van der Waals surface area contributed by atoms with E-state index in [9.17, 15) is 9.59 Å². The second-order valence-electron chi connectivity index (χ2n) is 7.96. The Morgan fingerprint density at radius 3 is 2.63 bits per heavy atom. The van der Waals surface area contributed by atoms with Gasteiger partial charge in [0.2, 0.25) is 11.9 Å². The van der Waals surface area contributed by atoms with E-state index in [0.29, 0.717) is 12.0 Å². The van der Waals surface area contributed by atoms with Crippen molar-refractivity contribution >= 4 is 29.0 Å². The van der Waals surface area contributed by atoms with Crippen molar-refractivity contribution in [3.8, 4) is 0 Å². The van der Waals surface area contributed by atoms with Crippen molar-refractivity contribution in [3.05, 3.63) is 24.3 Å². The van der Waals surface area contributed by atoms with E-state index in [1.165, 1.54) is 12.8 Å². The lowest BCUT2D eigenvalue weighted by atomic mass is 10.2. The molecule has 3 rings (SSSR count). The van der Waals surface area contributed by atoms with Crippen LogP contribution in [0.1, 0.15) is 58.9 Å². The van der Waals surface area contributed by atoms with Crippen LogP contribution in [-0.2, 0) is 9.53 Å². The molecule has 1 fully saturated rings. The van der Waals surface area contributed by atoms with E-state index in [1.54, 1.807) is 20.8 Å². The van der Waals surface area contributed by atoms with Gasteiger partial charge in [0, 0.05) is 19.0 Å². The number of benzene rings is 1. The topological polar surface area (TPSA) is 85.2 Å². The quantitative estimate of drug-likeness (QED) is 0.830. The van der Waals surface area contributed by atoms with Crippen LogP contribution in [0.4, 0.5) is 10.7 Å². The predicted molar refractivity (Wildman–Crippen MR) is 105 cm³/mol. The van der Waals surface area contributed by atoms with Gasteiger partial charge >= 0.3 is 6.09 Å². The van der Waals surface area contributed by atoms with Gasteiger partial charge in [0.1, 0.15) is 5.60 Å². The predicted octanol–water partition coefficient (Wildman–Crippen LogP) is 4.00. The summed E-state index contributed by atoms with van der Waals surface area (Å²) in [5.74, 6) is 0.408. The number of imidazole rings is 1. The molecule has 27 heavy (non-hydrogen) atoms. The van der Waals surface area contributed by atoms with Gasteiger partial charge in [-0.15, -0.1) is 0 Å². The second kappa shape index (κ2) is 7.98. The van der Waals surface area contributed by atoms with Crippen LogP contribution in [-0.4, -0.2) is 33.7 Å². The summed E-state index contributed by atoms with van der Waals surface area (Å²) in [6.45, 7) is 5.61. The first-order chi connectivity index (χ1) is 12.8. The number of carbonyl (C=O) groups is 2. The highest BCUT2D eigenvalue weighted by molar-refractivity contribution is 5.92. The van der Waals surface area contributed by atoms with Crippen LogP contribution in [0.5, 0.6) is 0 Å². The van der Waals surface area contributed by atoms with Crippen molar-refractivity contribution in [2.45, 2.75) is 64.5 Å². The van der Waals surface area contributed by atoms with E-state index in [4.69, 9.17) is 4.74 Å². The molecular weight excluding hydrogens is 344 g/mol. The third kappa shape index (κ3) is 4.99. The molecule has 7 heteroatoms. The van der Waals surface area contributed by atoms with E-state index in [2.05, 4.69) is 20.2 Å². The number of aromatic nitrogens is 2. The zero-order chi connectivity index (χ0) is 19.4. The minimum absolute atomic E-state index is 0.160. The molecule has 0 spiro atoms. The molecule has 2 aromatic rings. The average molecular weight is 372 g/mol. The maximum absolute atomic E-state index is 12.4. The number of ether oxygens (including phenoxy) is 1. The maximum atomic E-state index is 12.4. The fraction of sp³-hybridized carbons (Fsp3) is 0.550. The van der Waals surface area contributed by atoms with Gasteiger partial charge in [-0.3, -0.25) is 10.1 Å². The van der Waals surface area contributed by atoms with E-state index in [1.807, 2.05) is 24.3 Å². The number of hydrogen-bond acceptors (Lipinski definition) is 4. The highest BCUT2D eigenvalue weighted by Crippen LogP contribution is 2.35. The lowest BCUT2D eigenvalue weighted by Gasteiger charge is -2.19. The van der Waals surface area contributed by atoms with Gasteiger partial charge in [-0.05, 0) is 45.7 Å². The maximum Gasteiger partial charge on any atom is 0.407 e. The van der Waals surface area contributed by atoms with Crippen LogP contribution < -0.4 is 10.6 Å². The van der Waals surface area contributed by atoms with Gasteiger partial charge in [0.05, 0.1) is 11.0 Å². The third-order valence-electron chi connectivity index (χ3n) is 4.56. The van der Waals surface area contributed by atoms with Gasteiger partial charge in [-0.1, -0.05) is 25.0 Å². The van der Waals surface area contributed by atoms with Crippen LogP contribution in [0.2, 0.25) is 0 Å². The molecule has 7 nitrogen and oxygen atoms in total. The van der Waals surface area contributed by atoms with Crippen LogP contribution in [0.25, 0.3) is 11.0 Å². The number of nitrogens with zero attached hydrogens (tertiary/aromatic N) is 2. The van der Waals surface area contributed by atoms with Crippen molar-refractivity contribution in [1.29, 1.82) is 0 Å². The van der Waals surface area contributed by atoms with Crippen LogP contribution in [0.15, 0.2) is 24.3 Å². The van der Waals surface area contributed by atoms with Gasteiger partial charge in [0.15, 0.2) is 0 Å². The Hall–Kier alpha value is -2.57. The highest BCUT2D eigenvalue weighted by Gasteiger charge is 2.23. The Balaban J connectivity index is 1.63. The fourth-order valence-electron chi connectivity index (χ4n) is 3.44. The molecule has 0 saturated heterocycles. The first-order valence-corrected chi connectivity index (χ1v) is 9.57. The van der Waals surface area contributed by atoms with E-state index in [-0.39, 0.29) is 18.9 Å². The Kier molecular flexibility index (Phi) is 5.68. The summed E-state index contributed by atoms with van der Waals surface area (Å²) in [4.78, 5) is 28.6. The summed E-state index contributed by atoms with van der Waals surface area (Å²) in [5.41, 5.74) is 1.37. The van der Waals surface area contributed by atoms with Gasteiger partial charge in [-0.2, -0.15) is 0 Å². The zero-order valence-electron chi connectivity index (χ0n) is 16.2. The van der Waals surface area contributed by atoms with Crippen molar-refractivity contribution < 1.29 is 14.3 Å². The molecule has 1 heterocycles. The number of hydrogen-bond donors (Lipinski definition) is 2. The van der Waals surface area contributed by atoms with Crippen LogP contribution >= 0.6 is 0 Å². The minimum Gasteiger partial charge on any atom is -0.444 e. The molecule has 1 aliphatic carbocycles. The van der Waals surface area contributed by atoms with Crippen molar-refractivity contribution in [1.82, 2.24) is 14.9 Å². The molecular formula is C20H28N4O3. The number of carbonyl (C=O) groups excluding carboxylic acids is 2. The molecule has 2 amide bonds. The molecule has 1 aromatic carbocycles. The molecule has 1 aromatic heterocycles. The number of rotatable bonds is 5.